The average molecular weight is 354 g/mol. The number of amides is 2. The van der Waals surface area contributed by atoms with Crippen LogP contribution in [0.5, 0.6) is 5.75 Å². The first-order valence-corrected chi connectivity index (χ1v) is 8.51. The van der Waals surface area contributed by atoms with Gasteiger partial charge in [-0.3, -0.25) is 9.59 Å². The maximum Gasteiger partial charge on any atom is 0.260 e. The first-order valence-electron chi connectivity index (χ1n) is 8.51. The van der Waals surface area contributed by atoms with Crippen LogP contribution in [0.2, 0.25) is 0 Å². The van der Waals surface area contributed by atoms with Crippen molar-refractivity contribution in [1.82, 2.24) is 10.2 Å². The van der Waals surface area contributed by atoms with E-state index < -0.39 is 0 Å². The van der Waals surface area contributed by atoms with Gasteiger partial charge in [0.05, 0.1) is 6.54 Å². The lowest BCUT2D eigenvalue weighted by Crippen LogP contribution is -2.42. The van der Waals surface area contributed by atoms with Crippen molar-refractivity contribution in [2.45, 2.75) is 19.9 Å². The highest BCUT2D eigenvalue weighted by Crippen LogP contribution is 2.31. The van der Waals surface area contributed by atoms with Crippen LogP contribution in [0.3, 0.4) is 0 Å². The number of benzene rings is 2. The summed E-state index contributed by atoms with van der Waals surface area (Å²) in [7, 11) is 1.58. The molecule has 1 aromatic heterocycles. The van der Waals surface area contributed by atoms with Gasteiger partial charge in [0.2, 0.25) is 5.91 Å². The van der Waals surface area contributed by atoms with Crippen LogP contribution in [0.25, 0.3) is 21.9 Å². The van der Waals surface area contributed by atoms with Gasteiger partial charge in [-0.2, -0.15) is 0 Å². The van der Waals surface area contributed by atoms with Crippen LogP contribution >= 0.6 is 0 Å². The number of carbonyl (C=O) groups is 2. The van der Waals surface area contributed by atoms with Crippen molar-refractivity contribution in [3.8, 4) is 5.75 Å². The quantitative estimate of drug-likeness (QED) is 0.739. The zero-order valence-corrected chi connectivity index (χ0v) is 15.1. The first kappa shape index (κ1) is 17.8. The fourth-order valence-corrected chi connectivity index (χ4v) is 2.72. The van der Waals surface area contributed by atoms with Crippen molar-refractivity contribution in [2.75, 3.05) is 20.2 Å². The second-order valence-corrected chi connectivity index (χ2v) is 6.52. The van der Waals surface area contributed by atoms with Gasteiger partial charge >= 0.3 is 0 Å². The van der Waals surface area contributed by atoms with Crippen LogP contribution in [-0.2, 0) is 9.59 Å². The second-order valence-electron chi connectivity index (χ2n) is 6.52. The van der Waals surface area contributed by atoms with Gasteiger partial charge in [-0.15, -0.1) is 0 Å². The van der Waals surface area contributed by atoms with E-state index in [1.807, 2.05) is 50.2 Å². The molecule has 3 aromatic rings. The van der Waals surface area contributed by atoms with Crippen LogP contribution in [-0.4, -0.2) is 43.0 Å². The van der Waals surface area contributed by atoms with Gasteiger partial charge in [-0.1, -0.05) is 18.2 Å². The number of hydrogen-bond donors (Lipinski definition) is 1. The minimum Gasteiger partial charge on any atom is -0.484 e. The zero-order chi connectivity index (χ0) is 18.7. The Hall–Kier alpha value is -3.02. The Bertz CT molecular complexity index is 945. The van der Waals surface area contributed by atoms with Crippen LogP contribution in [0, 0.1) is 0 Å². The molecule has 0 unspecified atom stereocenters. The number of rotatable bonds is 6. The average Bonchev–Trinajstić information content (AvgIpc) is 2.96. The van der Waals surface area contributed by atoms with Gasteiger partial charge in [0, 0.05) is 23.9 Å². The number of nitrogens with zero attached hydrogens (tertiary/aromatic N) is 1. The summed E-state index contributed by atoms with van der Waals surface area (Å²) in [6.45, 7) is 3.62. The van der Waals surface area contributed by atoms with Crippen molar-refractivity contribution >= 4 is 33.8 Å². The van der Waals surface area contributed by atoms with Gasteiger partial charge in [0.1, 0.15) is 16.9 Å². The Kier molecular flexibility index (Phi) is 5.11. The van der Waals surface area contributed by atoms with E-state index in [2.05, 4.69) is 5.32 Å². The van der Waals surface area contributed by atoms with Gasteiger partial charge in [0.15, 0.2) is 6.61 Å². The number of nitrogens with one attached hydrogen (secondary N) is 1. The van der Waals surface area contributed by atoms with E-state index in [0.29, 0.717) is 5.75 Å². The summed E-state index contributed by atoms with van der Waals surface area (Å²) in [5, 5.41) is 4.69. The molecule has 0 bridgehead atoms. The third kappa shape index (κ3) is 3.96. The summed E-state index contributed by atoms with van der Waals surface area (Å²) < 4.78 is 11.4. The van der Waals surface area contributed by atoms with E-state index in [9.17, 15) is 9.59 Å². The monoisotopic (exact) mass is 354 g/mol. The topological polar surface area (TPSA) is 71.8 Å². The predicted molar refractivity (Wildman–Crippen MR) is 100 cm³/mol. The van der Waals surface area contributed by atoms with Crippen molar-refractivity contribution in [3.05, 3.63) is 42.5 Å². The van der Waals surface area contributed by atoms with Crippen LogP contribution < -0.4 is 10.1 Å². The molecule has 26 heavy (non-hydrogen) atoms. The van der Waals surface area contributed by atoms with Crippen LogP contribution in [0.4, 0.5) is 0 Å². The Morgan fingerprint density at radius 1 is 1.12 bits per heavy atom. The molecular weight excluding hydrogens is 332 g/mol. The maximum atomic E-state index is 12.2. The molecule has 3 rings (SSSR count). The van der Waals surface area contributed by atoms with Crippen LogP contribution in [0.15, 0.2) is 46.9 Å². The number of likely N-dealkylation sites (N-methyl/N-ethyl adjacent to an activating group) is 1. The molecule has 0 atom stereocenters. The number of fused-ring (bicyclic) bond motifs is 3. The molecule has 136 valence electrons. The van der Waals surface area contributed by atoms with E-state index in [1.165, 1.54) is 4.90 Å². The standard InChI is InChI=1S/C20H22N2O4/c1-13(2)21-19(23)11-22(3)20(24)12-25-14-8-9-18-16(10-14)15-6-4-5-7-17(15)26-18/h4-10,13H,11-12H2,1-3H3,(H,21,23). The minimum absolute atomic E-state index is 0.00573. The van der Waals surface area contributed by atoms with E-state index in [1.54, 1.807) is 13.1 Å². The fourth-order valence-electron chi connectivity index (χ4n) is 2.72. The van der Waals surface area contributed by atoms with Crippen molar-refractivity contribution in [1.29, 1.82) is 0 Å². The Balaban J connectivity index is 1.64. The third-order valence-electron chi connectivity index (χ3n) is 3.97. The Morgan fingerprint density at radius 2 is 1.85 bits per heavy atom. The summed E-state index contributed by atoms with van der Waals surface area (Å²) in [5.41, 5.74) is 1.58. The highest BCUT2D eigenvalue weighted by Gasteiger charge is 2.14. The number of ether oxygens (including phenoxy) is 1. The highest BCUT2D eigenvalue weighted by atomic mass is 16.5. The number of hydrogen-bond acceptors (Lipinski definition) is 4. The maximum absolute atomic E-state index is 12.2. The van der Waals surface area contributed by atoms with Gasteiger partial charge in [-0.25, -0.2) is 0 Å². The zero-order valence-electron chi connectivity index (χ0n) is 15.1. The van der Waals surface area contributed by atoms with Gasteiger partial charge < -0.3 is 19.4 Å². The molecule has 0 aliphatic heterocycles. The molecule has 6 heteroatoms. The molecule has 0 aliphatic carbocycles. The Labute approximate surface area is 151 Å². The molecule has 0 aliphatic rings. The normalized spacial score (nSPS) is 11.1. The largest absolute Gasteiger partial charge is 0.484 e. The van der Waals surface area contributed by atoms with Crippen molar-refractivity contribution in [3.63, 3.8) is 0 Å². The van der Waals surface area contributed by atoms with E-state index >= 15 is 0 Å². The molecule has 0 saturated carbocycles. The highest BCUT2D eigenvalue weighted by molar-refractivity contribution is 6.05. The number of furan rings is 1. The summed E-state index contributed by atoms with van der Waals surface area (Å²) in [4.78, 5) is 25.2. The minimum atomic E-state index is -0.263. The second kappa shape index (κ2) is 7.47. The summed E-state index contributed by atoms with van der Waals surface area (Å²) in [5.74, 6) is 0.126. The molecule has 0 radical (unpaired) electrons. The van der Waals surface area contributed by atoms with Crippen LogP contribution in [0.1, 0.15) is 13.8 Å². The lowest BCUT2D eigenvalue weighted by Gasteiger charge is -2.18. The van der Waals surface area contributed by atoms with E-state index in [0.717, 1.165) is 21.9 Å². The van der Waals surface area contributed by atoms with Gasteiger partial charge in [-0.05, 0) is 38.1 Å². The van der Waals surface area contributed by atoms with Crippen molar-refractivity contribution < 1.29 is 18.7 Å². The smallest absolute Gasteiger partial charge is 0.260 e. The Morgan fingerprint density at radius 3 is 2.62 bits per heavy atom. The summed E-state index contributed by atoms with van der Waals surface area (Å²) >= 11 is 0. The molecule has 1 heterocycles. The number of para-hydroxylation sites is 1. The molecule has 1 N–H and O–H groups in total. The molecule has 0 fully saturated rings. The molecule has 0 saturated heterocycles. The molecule has 0 spiro atoms. The van der Waals surface area contributed by atoms with Gasteiger partial charge in [0.25, 0.3) is 5.91 Å². The lowest BCUT2D eigenvalue weighted by molar-refractivity contribution is -0.136. The first-order chi connectivity index (χ1) is 12.4. The lowest BCUT2D eigenvalue weighted by atomic mass is 10.1. The SMILES string of the molecule is CC(C)NC(=O)CN(C)C(=O)COc1ccc2oc3ccccc3c2c1. The molecule has 6 nitrogen and oxygen atoms in total. The number of carbonyl (C=O) groups excluding carboxylic acids is 2. The third-order valence-corrected chi connectivity index (χ3v) is 3.97. The summed E-state index contributed by atoms with van der Waals surface area (Å²) in [6, 6.07) is 13.3. The molecule has 2 aromatic carbocycles. The van der Waals surface area contributed by atoms with E-state index in [4.69, 9.17) is 9.15 Å². The fraction of sp³-hybridized carbons (Fsp3) is 0.300. The molecule has 2 amide bonds. The summed E-state index contributed by atoms with van der Waals surface area (Å²) in [6.07, 6.45) is 0. The predicted octanol–water partition coefficient (Wildman–Crippen LogP) is 2.95. The van der Waals surface area contributed by atoms with Crippen molar-refractivity contribution in [2.24, 2.45) is 0 Å². The molecular formula is C20H22N2O4. The van der Waals surface area contributed by atoms with E-state index in [-0.39, 0.29) is 31.0 Å².